The van der Waals surface area contributed by atoms with Gasteiger partial charge in [-0.1, -0.05) is 11.6 Å². The van der Waals surface area contributed by atoms with E-state index in [0.717, 1.165) is 101 Å². The minimum Gasteiger partial charge on any atom is -0.368 e. The van der Waals surface area contributed by atoms with E-state index in [4.69, 9.17) is 11.6 Å². The van der Waals surface area contributed by atoms with Crippen molar-refractivity contribution in [3.63, 3.8) is 0 Å². The molecular formula is C31H40ClN7O. The van der Waals surface area contributed by atoms with Gasteiger partial charge in [-0.2, -0.15) is 5.26 Å². The fraction of sp³-hybridized carbons (Fsp3) is 0.613. The van der Waals surface area contributed by atoms with E-state index < -0.39 is 0 Å². The Hall–Kier alpha value is -2.89. The lowest BCUT2D eigenvalue weighted by atomic mass is 9.77. The molecule has 4 aliphatic heterocycles. The predicted molar refractivity (Wildman–Crippen MR) is 158 cm³/mol. The first kappa shape index (κ1) is 27.3. The molecule has 2 aromatic rings. The Kier molecular flexibility index (Phi) is 7.87. The van der Waals surface area contributed by atoms with E-state index in [1.807, 2.05) is 35.2 Å². The van der Waals surface area contributed by atoms with Crippen LogP contribution in [-0.4, -0.2) is 72.9 Å². The zero-order valence-electron chi connectivity index (χ0n) is 23.5. The van der Waals surface area contributed by atoms with Crippen LogP contribution in [0.4, 0.5) is 11.5 Å². The Morgan fingerprint density at radius 3 is 2.40 bits per heavy atom. The van der Waals surface area contributed by atoms with Crippen LogP contribution in [0.2, 0.25) is 5.02 Å². The second kappa shape index (κ2) is 11.5. The normalized spacial score (nSPS) is 23.9. The van der Waals surface area contributed by atoms with E-state index in [1.165, 1.54) is 12.8 Å². The van der Waals surface area contributed by atoms with Crippen molar-refractivity contribution in [2.75, 3.05) is 55.6 Å². The number of anilines is 2. The molecular weight excluding hydrogens is 522 g/mol. The van der Waals surface area contributed by atoms with Crippen LogP contribution >= 0.6 is 11.6 Å². The van der Waals surface area contributed by atoms with Crippen molar-refractivity contribution < 1.29 is 4.79 Å². The van der Waals surface area contributed by atoms with Gasteiger partial charge in [0.2, 0.25) is 0 Å². The van der Waals surface area contributed by atoms with Gasteiger partial charge in [-0.3, -0.25) is 4.79 Å². The summed E-state index contributed by atoms with van der Waals surface area (Å²) >= 11 is 6.34. The van der Waals surface area contributed by atoms with Gasteiger partial charge < -0.3 is 20.0 Å². The Morgan fingerprint density at radius 2 is 1.75 bits per heavy atom. The van der Waals surface area contributed by atoms with Crippen LogP contribution in [0.15, 0.2) is 30.3 Å². The number of aromatic nitrogens is 2. The number of benzene rings is 1. The number of piperidine rings is 3. The second-order valence-electron chi connectivity index (χ2n) is 12.4. The summed E-state index contributed by atoms with van der Waals surface area (Å²) in [6.07, 6.45) is 8.07. The number of likely N-dealkylation sites (tertiary alicyclic amines) is 1. The predicted octanol–water partition coefficient (Wildman–Crippen LogP) is 4.74. The SMILES string of the molecule is C[C@H]1CC2(CCN(c3ccc(C(=O)N4CCC(C5CCNCC5)CC4)nn3)CC2)CN1c1ccc(C#N)c(Cl)c1. The molecule has 0 unspecified atom stereocenters. The minimum atomic E-state index is 0.0170. The second-order valence-corrected chi connectivity index (χ2v) is 12.8. The molecule has 4 fully saturated rings. The highest BCUT2D eigenvalue weighted by molar-refractivity contribution is 6.32. The van der Waals surface area contributed by atoms with E-state index in [0.29, 0.717) is 22.3 Å². The van der Waals surface area contributed by atoms with Crippen molar-refractivity contribution in [2.45, 2.75) is 57.9 Å². The number of hydrogen-bond donors (Lipinski definition) is 1. The third kappa shape index (κ3) is 5.51. The van der Waals surface area contributed by atoms with Gasteiger partial charge in [-0.05, 0) is 113 Å². The Balaban J connectivity index is 1.02. The highest BCUT2D eigenvalue weighted by Crippen LogP contribution is 2.45. The van der Waals surface area contributed by atoms with Gasteiger partial charge in [-0.15, -0.1) is 10.2 Å². The van der Waals surface area contributed by atoms with Crippen LogP contribution in [0.5, 0.6) is 0 Å². The number of rotatable bonds is 4. The quantitative estimate of drug-likeness (QED) is 0.577. The van der Waals surface area contributed by atoms with Crippen LogP contribution in [-0.2, 0) is 0 Å². The lowest BCUT2D eigenvalue weighted by Crippen LogP contribution is -2.43. The summed E-state index contributed by atoms with van der Waals surface area (Å²) in [7, 11) is 0. The largest absolute Gasteiger partial charge is 0.368 e. The van der Waals surface area contributed by atoms with Gasteiger partial charge in [0.05, 0.1) is 10.6 Å². The molecule has 0 radical (unpaired) electrons. The summed E-state index contributed by atoms with van der Waals surface area (Å²) in [5, 5.41) is 22.1. The van der Waals surface area contributed by atoms with Crippen LogP contribution in [0, 0.1) is 28.6 Å². The van der Waals surface area contributed by atoms with Gasteiger partial charge >= 0.3 is 0 Å². The third-order valence-corrected chi connectivity index (χ3v) is 10.4. The highest BCUT2D eigenvalue weighted by Gasteiger charge is 2.44. The molecule has 1 N–H and O–H groups in total. The summed E-state index contributed by atoms with van der Waals surface area (Å²) in [6, 6.07) is 12.2. The Labute approximate surface area is 242 Å². The molecule has 1 atom stereocenters. The number of carbonyl (C=O) groups is 1. The van der Waals surface area contributed by atoms with E-state index in [-0.39, 0.29) is 11.3 Å². The number of nitriles is 1. The first-order chi connectivity index (χ1) is 19.4. The fourth-order valence-corrected chi connectivity index (χ4v) is 7.89. The van der Waals surface area contributed by atoms with E-state index in [9.17, 15) is 10.1 Å². The first-order valence-electron chi connectivity index (χ1n) is 15.0. The van der Waals surface area contributed by atoms with Crippen LogP contribution in [0.25, 0.3) is 0 Å². The maximum absolute atomic E-state index is 13.1. The van der Waals surface area contributed by atoms with Crippen LogP contribution in [0.3, 0.4) is 0 Å². The molecule has 1 amide bonds. The lowest BCUT2D eigenvalue weighted by molar-refractivity contribution is 0.0635. The average Bonchev–Trinajstić information content (AvgIpc) is 3.32. The maximum Gasteiger partial charge on any atom is 0.274 e. The molecule has 8 nitrogen and oxygen atoms in total. The summed E-state index contributed by atoms with van der Waals surface area (Å²) in [5.41, 5.74) is 2.34. The fourth-order valence-electron chi connectivity index (χ4n) is 7.67. The molecule has 4 saturated heterocycles. The number of nitrogens with one attached hydrogen (secondary N) is 1. The number of nitrogens with zero attached hydrogens (tertiary/aromatic N) is 6. The van der Waals surface area contributed by atoms with Crippen molar-refractivity contribution in [1.29, 1.82) is 5.26 Å². The monoisotopic (exact) mass is 561 g/mol. The Morgan fingerprint density at radius 1 is 1.02 bits per heavy atom. The van der Waals surface area contributed by atoms with Crippen molar-refractivity contribution in [1.82, 2.24) is 20.4 Å². The zero-order chi connectivity index (χ0) is 27.7. The van der Waals surface area contributed by atoms with Crippen molar-refractivity contribution in [3.8, 4) is 6.07 Å². The molecule has 40 heavy (non-hydrogen) atoms. The van der Waals surface area contributed by atoms with Gasteiger partial charge in [-0.25, -0.2) is 0 Å². The summed E-state index contributed by atoms with van der Waals surface area (Å²) in [5.74, 6) is 2.44. The number of hydrogen-bond acceptors (Lipinski definition) is 7. The lowest BCUT2D eigenvalue weighted by Gasteiger charge is -2.39. The third-order valence-electron chi connectivity index (χ3n) is 10.1. The van der Waals surface area contributed by atoms with Crippen LogP contribution < -0.4 is 15.1 Å². The first-order valence-corrected chi connectivity index (χ1v) is 15.4. The van der Waals surface area contributed by atoms with Gasteiger partial charge in [0, 0.05) is 44.5 Å². The molecule has 1 aromatic carbocycles. The van der Waals surface area contributed by atoms with E-state index in [1.54, 1.807) is 0 Å². The average molecular weight is 562 g/mol. The Bertz CT molecular complexity index is 1240. The van der Waals surface area contributed by atoms with Crippen molar-refractivity contribution in [3.05, 3.63) is 46.6 Å². The zero-order valence-corrected chi connectivity index (χ0v) is 24.2. The number of amides is 1. The highest BCUT2D eigenvalue weighted by atomic mass is 35.5. The molecule has 1 spiro atoms. The van der Waals surface area contributed by atoms with Crippen molar-refractivity contribution >= 4 is 29.0 Å². The topological polar surface area (TPSA) is 88.4 Å². The molecule has 212 valence electrons. The molecule has 4 aliphatic rings. The molecule has 0 bridgehead atoms. The number of carbonyl (C=O) groups excluding carboxylic acids is 1. The van der Waals surface area contributed by atoms with E-state index in [2.05, 4.69) is 38.3 Å². The standard InChI is InChI=1S/C31H40ClN7O/c1-22-19-31(21-39(22)26-3-2-25(20-33)27(32)18-26)10-16-37(17-11-31)29-5-4-28(35-36-29)30(40)38-14-8-24(9-15-38)23-6-12-34-13-7-23/h2-5,18,22-24,34H,6-17,19,21H2,1H3/t22-/m0/s1. The van der Waals surface area contributed by atoms with Gasteiger partial charge in [0.1, 0.15) is 6.07 Å². The smallest absolute Gasteiger partial charge is 0.274 e. The number of halogens is 1. The molecule has 6 rings (SSSR count). The van der Waals surface area contributed by atoms with Crippen LogP contribution in [0.1, 0.15) is 67.9 Å². The van der Waals surface area contributed by atoms with Gasteiger partial charge in [0.15, 0.2) is 11.5 Å². The summed E-state index contributed by atoms with van der Waals surface area (Å²) in [4.78, 5) is 19.9. The summed E-state index contributed by atoms with van der Waals surface area (Å²) in [6.45, 7) is 9.07. The molecule has 0 saturated carbocycles. The van der Waals surface area contributed by atoms with E-state index >= 15 is 0 Å². The maximum atomic E-state index is 13.1. The molecule has 5 heterocycles. The summed E-state index contributed by atoms with van der Waals surface area (Å²) < 4.78 is 0. The van der Waals surface area contributed by atoms with Gasteiger partial charge in [0.25, 0.3) is 5.91 Å². The molecule has 9 heteroatoms. The molecule has 0 aliphatic carbocycles. The minimum absolute atomic E-state index is 0.0170. The molecule has 1 aromatic heterocycles. The van der Waals surface area contributed by atoms with Crippen molar-refractivity contribution in [2.24, 2.45) is 17.3 Å².